The first-order valence-electron chi connectivity index (χ1n) is 27.5. The van der Waals surface area contributed by atoms with Crippen molar-refractivity contribution in [3.8, 4) is 0 Å². The summed E-state index contributed by atoms with van der Waals surface area (Å²) in [6.45, 7) is 6.36. The highest BCUT2D eigenvalue weighted by atomic mass is 16.5. The molecule has 1 amide bonds. The highest BCUT2D eigenvalue weighted by Crippen LogP contribution is 2.17. The van der Waals surface area contributed by atoms with Crippen LogP contribution in [0.5, 0.6) is 0 Å². The molecule has 0 aliphatic carbocycles. The van der Waals surface area contributed by atoms with Gasteiger partial charge in [0, 0.05) is 12.8 Å². The molecule has 0 rings (SSSR count). The quantitative estimate of drug-likeness (QED) is 0.0321. The molecule has 64 heavy (non-hydrogen) atoms. The zero-order valence-electron chi connectivity index (χ0n) is 42.4. The fourth-order valence-electron chi connectivity index (χ4n) is 8.22. The molecule has 0 aromatic carbocycles. The van der Waals surface area contributed by atoms with Crippen LogP contribution in [-0.4, -0.2) is 46.9 Å². The van der Waals surface area contributed by atoms with E-state index in [0.29, 0.717) is 19.3 Å². The molecule has 0 bridgehead atoms. The first-order chi connectivity index (χ1) is 31.5. The summed E-state index contributed by atoms with van der Waals surface area (Å²) in [5.74, 6) is -0.572. The second-order valence-corrected chi connectivity index (χ2v) is 18.6. The summed E-state index contributed by atoms with van der Waals surface area (Å²) < 4.78 is 5.88. The monoisotopic (exact) mass is 896 g/mol. The van der Waals surface area contributed by atoms with Crippen molar-refractivity contribution in [3.63, 3.8) is 0 Å². The van der Waals surface area contributed by atoms with Gasteiger partial charge < -0.3 is 20.3 Å². The molecular formula is C58H105NO5. The van der Waals surface area contributed by atoms with Crippen LogP contribution in [-0.2, 0) is 14.3 Å². The Morgan fingerprint density at radius 2 is 0.812 bits per heavy atom. The van der Waals surface area contributed by atoms with Gasteiger partial charge in [-0.15, -0.1) is 0 Å². The van der Waals surface area contributed by atoms with E-state index in [9.17, 15) is 19.8 Å². The van der Waals surface area contributed by atoms with Gasteiger partial charge in [-0.25, -0.2) is 0 Å². The van der Waals surface area contributed by atoms with E-state index in [1.807, 2.05) is 6.08 Å². The van der Waals surface area contributed by atoms with Crippen LogP contribution in [0.25, 0.3) is 0 Å². The van der Waals surface area contributed by atoms with Crippen molar-refractivity contribution in [3.05, 3.63) is 60.8 Å². The molecule has 0 aliphatic rings. The van der Waals surface area contributed by atoms with E-state index in [0.717, 1.165) is 70.6 Å². The van der Waals surface area contributed by atoms with Crippen molar-refractivity contribution >= 4 is 11.9 Å². The van der Waals surface area contributed by atoms with E-state index in [4.69, 9.17) is 4.74 Å². The van der Waals surface area contributed by atoms with Gasteiger partial charge in [-0.1, -0.05) is 268 Å². The molecule has 0 spiro atoms. The number of allylic oxidation sites excluding steroid dienone is 9. The van der Waals surface area contributed by atoms with Gasteiger partial charge in [0.15, 0.2) is 0 Å². The minimum Gasteiger partial charge on any atom is -0.461 e. The van der Waals surface area contributed by atoms with Crippen molar-refractivity contribution < 1.29 is 24.5 Å². The number of nitrogens with one attached hydrogen (secondary N) is 1. The molecule has 6 nitrogen and oxygen atoms in total. The molecule has 0 aliphatic heterocycles. The Bertz CT molecular complexity index is 1140. The lowest BCUT2D eigenvalue weighted by Gasteiger charge is -2.24. The number of carbonyl (C=O) groups is 2. The standard InChI is InChI=1S/C58H105NO5/c1-4-7-10-13-16-19-22-25-27-28-30-33-35-38-41-44-47-50-56(61)55(53-60)59-57(62)52-54(49-46-43-40-37-34-32-29-26-23-20-17-14-11-8-5-2)64-58(63)51-48-45-42-39-36-31-24-21-18-15-12-9-6-3/h8,11,17,20,26,29,34,37,43,46,54-56,60-61H,4-7,9-10,12-16,18-19,21-25,27-28,30-33,35-36,38-42,44-45,47-53H2,1-3H3,(H,59,62)/b11-8-,20-17-,29-26-,37-34-,46-43-. The number of ether oxygens (including phenoxy) is 1. The molecular weight excluding hydrogens is 791 g/mol. The third-order valence-electron chi connectivity index (χ3n) is 12.4. The Morgan fingerprint density at radius 1 is 0.469 bits per heavy atom. The molecule has 3 N–H and O–H groups in total. The average Bonchev–Trinajstić information content (AvgIpc) is 3.29. The molecule has 0 saturated heterocycles. The van der Waals surface area contributed by atoms with E-state index in [1.165, 1.54) is 154 Å². The minimum absolute atomic E-state index is 0.000992. The van der Waals surface area contributed by atoms with Crippen LogP contribution >= 0.6 is 0 Å². The summed E-state index contributed by atoms with van der Waals surface area (Å²) in [5, 5.41) is 23.8. The number of aliphatic hydroxyl groups is 2. The summed E-state index contributed by atoms with van der Waals surface area (Å²) in [4.78, 5) is 26.1. The topological polar surface area (TPSA) is 95.9 Å². The molecule has 0 radical (unpaired) electrons. The van der Waals surface area contributed by atoms with Gasteiger partial charge in [0.2, 0.25) is 5.91 Å². The maximum absolute atomic E-state index is 13.2. The fourth-order valence-corrected chi connectivity index (χ4v) is 8.22. The maximum atomic E-state index is 13.2. The Labute approximate surface area is 397 Å². The van der Waals surface area contributed by atoms with Crippen molar-refractivity contribution in [1.29, 1.82) is 0 Å². The number of amides is 1. The number of esters is 1. The van der Waals surface area contributed by atoms with Gasteiger partial charge in [-0.2, -0.15) is 0 Å². The molecule has 0 aromatic heterocycles. The first-order valence-corrected chi connectivity index (χ1v) is 27.5. The highest BCUT2D eigenvalue weighted by Gasteiger charge is 2.23. The van der Waals surface area contributed by atoms with Gasteiger partial charge in [0.1, 0.15) is 6.10 Å². The molecule has 372 valence electrons. The van der Waals surface area contributed by atoms with Crippen LogP contribution in [0.4, 0.5) is 0 Å². The minimum atomic E-state index is -0.812. The van der Waals surface area contributed by atoms with Crippen LogP contribution in [0.15, 0.2) is 60.8 Å². The van der Waals surface area contributed by atoms with Crippen LogP contribution in [0.2, 0.25) is 0 Å². The molecule has 0 fully saturated rings. The maximum Gasteiger partial charge on any atom is 0.306 e. The van der Waals surface area contributed by atoms with Gasteiger partial charge in [-0.05, 0) is 44.9 Å². The predicted molar refractivity (Wildman–Crippen MR) is 278 cm³/mol. The lowest BCUT2D eigenvalue weighted by Crippen LogP contribution is -2.46. The summed E-state index contributed by atoms with van der Waals surface area (Å²) in [6.07, 6.45) is 64.4. The lowest BCUT2D eigenvalue weighted by molar-refractivity contribution is -0.150. The van der Waals surface area contributed by atoms with Crippen LogP contribution in [0, 0.1) is 0 Å². The third-order valence-corrected chi connectivity index (χ3v) is 12.4. The largest absolute Gasteiger partial charge is 0.461 e. The highest BCUT2D eigenvalue weighted by molar-refractivity contribution is 5.77. The number of carbonyl (C=O) groups excluding carboxylic acids is 2. The second kappa shape index (κ2) is 51.5. The zero-order chi connectivity index (χ0) is 46.7. The third kappa shape index (κ3) is 46.1. The Morgan fingerprint density at radius 3 is 1.19 bits per heavy atom. The number of hydrogen-bond acceptors (Lipinski definition) is 5. The SMILES string of the molecule is CC/C=C\C/C=C\C/C=C\C/C=C\C/C=C\CC(CC(=O)NC(CO)C(O)CCCCCCCCCCCCCCCCCCC)OC(=O)CCCCCCCCCCCCCCC. The molecule has 3 unspecified atom stereocenters. The average molecular weight is 896 g/mol. The molecule has 3 atom stereocenters. The fraction of sp³-hybridized carbons (Fsp3) is 0.793. The van der Waals surface area contributed by atoms with Crippen molar-refractivity contribution in [1.82, 2.24) is 5.32 Å². The predicted octanol–water partition coefficient (Wildman–Crippen LogP) is 16.8. The van der Waals surface area contributed by atoms with Crippen LogP contribution < -0.4 is 5.32 Å². The smallest absolute Gasteiger partial charge is 0.306 e. The molecule has 0 aromatic rings. The van der Waals surface area contributed by atoms with Crippen molar-refractivity contribution in [2.24, 2.45) is 0 Å². The van der Waals surface area contributed by atoms with Crippen LogP contribution in [0.1, 0.15) is 271 Å². The molecule has 0 heterocycles. The van der Waals surface area contributed by atoms with Gasteiger partial charge >= 0.3 is 5.97 Å². The van der Waals surface area contributed by atoms with Crippen LogP contribution in [0.3, 0.4) is 0 Å². The molecule has 6 heteroatoms. The van der Waals surface area contributed by atoms with Gasteiger partial charge in [0.25, 0.3) is 0 Å². The van der Waals surface area contributed by atoms with E-state index >= 15 is 0 Å². The van der Waals surface area contributed by atoms with E-state index in [2.05, 4.69) is 80.8 Å². The number of rotatable bonds is 49. The Balaban J connectivity index is 4.63. The zero-order valence-corrected chi connectivity index (χ0v) is 42.4. The van der Waals surface area contributed by atoms with Crippen molar-refractivity contribution in [2.75, 3.05) is 6.61 Å². The van der Waals surface area contributed by atoms with Gasteiger partial charge in [0.05, 0.1) is 25.2 Å². The van der Waals surface area contributed by atoms with E-state index < -0.39 is 18.2 Å². The Hall–Kier alpha value is -2.44. The summed E-state index contributed by atoms with van der Waals surface area (Å²) in [7, 11) is 0. The lowest BCUT2D eigenvalue weighted by atomic mass is 10.0. The summed E-state index contributed by atoms with van der Waals surface area (Å²) >= 11 is 0. The summed E-state index contributed by atoms with van der Waals surface area (Å²) in [5.41, 5.74) is 0. The van der Waals surface area contributed by atoms with E-state index in [-0.39, 0.29) is 24.9 Å². The number of hydrogen-bond donors (Lipinski definition) is 3. The van der Waals surface area contributed by atoms with Crippen molar-refractivity contribution in [2.45, 2.75) is 289 Å². The molecule has 0 saturated carbocycles. The normalized spacial score (nSPS) is 13.6. The number of aliphatic hydroxyl groups excluding tert-OH is 2. The Kier molecular flexibility index (Phi) is 49.6. The summed E-state index contributed by atoms with van der Waals surface area (Å²) in [6, 6.07) is -0.732. The first kappa shape index (κ1) is 61.6. The number of unbranched alkanes of at least 4 members (excludes halogenated alkanes) is 28. The second-order valence-electron chi connectivity index (χ2n) is 18.6. The van der Waals surface area contributed by atoms with E-state index in [1.54, 1.807) is 0 Å². The van der Waals surface area contributed by atoms with Gasteiger partial charge in [-0.3, -0.25) is 9.59 Å².